The number of hydrogen-bond acceptors (Lipinski definition) is 6. The van der Waals surface area contributed by atoms with E-state index in [2.05, 4.69) is 20.4 Å². The Labute approximate surface area is 271 Å². The summed E-state index contributed by atoms with van der Waals surface area (Å²) in [4.78, 5) is 58.7. The van der Waals surface area contributed by atoms with Crippen molar-refractivity contribution in [1.29, 1.82) is 0 Å². The quantitative estimate of drug-likeness (QED) is 0.304. The van der Waals surface area contributed by atoms with Crippen LogP contribution < -0.4 is 15.5 Å². The van der Waals surface area contributed by atoms with Crippen LogP contribution in [0.4, 0.5) is 39.4 Å². The number of carbonyl (C=O) groups is 4. The van der Waals surface area contributed by atoms with Gasteiger partial charge >= 0.3 is 12.3 Å². The second-order valence-electron chi connectivity index (χ2n) is 11.7. The zero-order chi connectivity index (χ0) is 33.7. The molecule has 2 fully saturated rings. The van der Waals surface area contributed by atoms with Crippen molar-refractivity contribution >= 4 is 52.5 Å². The van der Waals surface area contributed by atoms with Crippen molar-refractivity contribution in [2.45, 2.75) is 44.3 Å². The van der Waals surface area contributed by atoms with Gasteiger partial charge in [-0.1, -0.05) is 17.7 Å². The summed E-state index contributed by atoms with van der Waals surface area (Å²) in [6.07, 6.45) is -1.67. The fourth-order valence-electron chi connectivity index (χ4n) is 6.19. The molecule has 10 nitrogen and oxygen atoms in total. The summed E-state index contributed by atoms with van der Waals surface area (Å²) < 4.78 is 61.2. The van der Waals surface area contributed by atoms with Gasteiger partial charge in [-0.25, -0.2) is 9.18 Å². The lowest BCUT2D eigenvalue weighted by Crippen LogP contribution is -2.55. The number of alkyl halides is 3. The summed E-state index contributed by atoms with van der Waals surface area (Å²) in [5.41, 5.74) is -0.742. The SMILES string of the molecule is COC(=O)Nc1ccc2c(c1)NC(=O)C1(CCCC(N3CC(=O)N(c4c(C(F)(F)F)ccc(Cl)c4F)CC3=O)c3cc-2ccn3)CC1. The predicted octanol–water partition coefficient (Wildman–Crippen LogP) is 6.56. The fourth-order valence-corrected chi connectivity index (χ4v) is 6.34. The molecule has 1 saturated heterocycles. The highest BCUT2D eigenvalue weighted by Crippen LogP contribution is 2.52. The average Bonchev–Trinajstić information content (AvgIpc) is 3.82. The lowest BCUT2D eigenvalue weighted by Gasteiger charge is -2.39. The monoisotopic (exact) mass is 673 g/mol. The maximum Gasteiger partial charge on any atom is 0.418 e. The maximum atomic E-state index is 15.0. The van der Waals surface area contributed by atoms with Crippen molar-refractivity contribution in [3.8, 4) is 11.1 Å². The molecule has 1 aromatic heterocycles. The summed E-state index contributed by atoms with van der Waals surface area (Å²) in [7, 11) is 1.23. The van der Waals surface area contributed by atoms with E-state index >= 15 is 4.39 Å². The van der Waals surface area contributed by atoms with Crippen LogP contribution in [-0.4, -0.2) is 53.9 Å². The van der Waals surface area contributed by atoms with Crippen LogP contribution in [0.3, 0.4) is 0 Å². The molecule has 2 N–H and O–H groups in total. The minimum Gasteiger partial charge on any atom is -0.453 e. The molecule has 2 aliphatic heterocycles. The first kappa shape index (κ1) is 32.2. The van der Waals surface area contributed by atoms with E-state index in [9.17, 15) is 32.3 Å². The first-order valence-corrected chi connectivity index (χ1v) is 15.1. The van der Waals surface area contributed by atoms with E-state index < -0.39 is 70.7 Å². The first-order valence-electron chi connectivity index (χ1n) is 14.7. The topological polar surface area (TPSA) is 121 Å². The van der Waals surface area contributed by atoms with E-state index in [1.807, 2.05) is 0 Å². The Morgan fingerprint density at radius 3 is 2.53 bits per heavy atom. The molecule has 1 unspecified atom stereocenters. The van der Waals surface area contributed by atoms with Gasteiger partial charge in [0, 0.05) is 22.9 Å². The predicted molar refractivity (Wildman–Crippen MR) is 163 cm³/mol. The number of anilines is 3. The number of ether oxygens (including phenoxy) is 1. The molecule has 1 aliphatic carbocycles. The number of nitrogens with one attached hydrogen (secondary N) is 2. The van der Waals surface area contributed by atoms with E-state index in [1.165, 1.54) is 18.2 Å². The maximum absolute atomic E-state index is 15.0. The van der Waals surface area contributed by atoms with E-state index in [0.29, 0.717) is 71.3 Å². The zero-order valence-corrected chi connectivity index (χ0v) is 25.7. The van der Waals surface area contributed by atoms with Gasteiger partial charge in [-0.2, -0.15) is 13.2 Å². The van der Waals surface area contributed by atoms with Gasteiger partial charge in [-0.05, 0) is 74.1 Å². The standard InChI is InChI=1S/C32H28ClF4N5O5/c1-47-30(46)39-18-4-5-19-17-8-12-38-23(13-17)24(3-2-9-31(10-11-31)29(45)40-22(19)14-18)41-15-26(44)42(16-25(41)43)28-20(32(35,36)37)6-7-21(33)27(28)34/h4-8,12-14,24H,2-3,9-11,15-16H2,1H3,(H,39,46)(H,40,45). The van der Waals surface area contributed by atoms with Crippen LogP contribution in [0, 0.1) is 11.2 Å². The van der Waals surface area contributed by atoms with Crippen molar-refractivity contribution < 1.29 is 41.5 Å². The van der Waals surface area contributed by atoms with Crippen LogP contribution in [0.2, 0.25) is 5.02 Å². The average molecular weight is 674 g/mol. The molecule has 15 heteroatoms. The Kier molecular flexibility index (Phi) is 8.32. The summed E-state index contributed by atoms with van der Waals surface area (Å²) in [6.45, 7) is -1.48. The molecule has 6 rings (SSSR count). The number of methoxy groups -OCH3 is 1. The number of pyridine rings is 1. The molecule has 1 saturated carbocycles. The number of fused-ring (bicyclic) bond motifs is 4. The minimum atomic E-state index is -5.02. The zero-order valence-electron chi connectivity index (χ0n) is 24.9. The molecule has 0 radical (unpaired) electrons. The highest BCUT2D eigenvalue weighted by Gasteiger charge is 2.50. The van der Waals surface area contributed by atoms with Crippen LogP contribution in [0.25, 0.3) is 11.1 Å². The van der Waals surface area contributed by atoms with Crippen molar-refractivity contribution in [2.24, 2.45) is 5.41 Å². The number of rotatable bonds is 3. The largest absolute Gasteiger partial charge is 0.453 e. The number of piperazine rings is 1. The fraction of sp³-hybridized carbons (Fsp3) is 0.344. The third-order valence-electron chi connectivity index (χ3n) is 8.84. The number of carbonyl (C=O) groups excluding carboxylic acids is 4. The van der Waals surface area contributed by atoms with E-state index in [4.69, 9.17) is 11.6 Å². The molecule has 1 atom stereocenters. The highest BCUT2D eigenvalue weighted by atomic mass is 35.5. The molecule has 4 amide bonds. The summed E-state index contributed by atoms with van der Waals surface area (Å²) in [6, 6.07) is 8.88. The second kappa shape index (κ2) is 12.1. The molecule has 47 heavy (non-hydrogen) atoms. The lowest BCUT2D eigenvalue weighted by molar-refractivity contribution is -0.142. The molecule has 2 bridgehead atoms. The van der Waals surface area contributed by atoms with Crippen molar-refractivity contribution in [2.75, 3.05) is 35.7 Å². The summed E-state index contributed by atoms with van der Waals surface area (Å²) >= 11 is 5.79. The number of nitrogens with zero attached hydrogens (tertiary/aromatic N) is 3. The Morgan fingerprint density at radius 2 is 1.83 bits per heavy atom. The van der Waals surface area contributed by atoms with Gasteiger partial charge in [0.15, 0.2) is 5.82 Å². The lowest BCUT2D eigenvalue weighted by atomic mass is 9.92. The third-order valence-corrected chi connectivity index (χ3v) is 9.13. The van der Waals surface area contributed by atoms with Crippen molar-refractivity contribution in [1.82, 2.24) is 9.88 Å². The summed E-state index contributed by atoms with van der Waals surface area (Å²) in [5, 5.41) is 4.97. The van der Waals surface area contributed by atoms with E-state index in [1.54, 1.807) is 30.3 Å². The minimum absolute atomic E-state index is 0.191. The van der Waals surface area contributed by atoms with Crippen molar-refractivity contribution in [3.63, 3.8) is 0 Å². The van der Waals surface area contributed by atoms with Gasteiger partial charge < -0.3 is 15.0 Å². The third kappa shape index (κ3) is 6.21. The Balaban J connectivity index is 1.37. The smallest absolute Gasteiger partial charge is 0.418 e. The van der Waals surface area contributed by atoms with Gasteiger partial charge in [-0.3, -0.25) is 29.6 Å². The van der Waals surface area contributed by atoms with Gasteiger partial charge in [0.2, 0.25) is 17.7 Å². The Bertz CT molecular complexity index is 1800. The number of halogens is 5. The van der Waals surface area contributed by atoms with Gasteiger partial charge in [0.1, 0.15) is 13.1 Å². The summed E-state index contributed by atoms with van der Waals surface area (Å²) in [5.74, 6) is -3.27. The number of amides is 4. The van der Waals surface area contributed by atoms with Crippen LogP contribution >= 0.6 is 11.6 Å². The first-order chi connectivity index (χ1) is 22.3. The molecule has 3 aliphatic rings. The number of hydrogen-bond donors (Lipinski definition) is 2. The molecule has 2 aromatic carbocycles. The van der Waals surface area contributed by atoms with Crippen LogP contribution in [0.5, 0.6) is 0 Å². The molecule has 3 heterocycles. The molecule has 3 aromatic rings. The molecule has 1 spiro atoms. The van der Waals surface area contributed by atoms with Gasteiger partial charge in [-0.15, -0.1) is 0 Å². The van der Waals surface area contributed by atoms with Gasteiger partial charge in [0.05, 0.1) is 40.8 Å². The van der Waals surface area contributed by atoms with Crippen LogP contribution in [0.1, 0.15) is 49.4 Å². The second-order valence-corrected chi connectivity index (χ2v) is 12.2. The van der Waals surface area contributed by atoms with Crippen molar-refractivity contribution in [3.05, 3.63) is 70.8 Å². The number of aromatic nitrogens is 1. The van der Waals surface area contributed by atoms with Crippen LogP contribution in [0.15, 0.2) is 48.7 Å². The Hall–Kier alpha value is -4.72. The molecular weight excluding hydrogens is 646 g/mol. The normalized spacial score (nSPS) is 19.4. The van der Waals surface area contributed by atoms with E-state index in [0.717, 1.165) is 6.07 Å². The highest BCUT2D eigenvalue weighted by molar-refractivity contribution is 6.31. The Morgan fingerprint density at radius 1 is 1.06 bits per heavy atom. The van der Waals surface area contributed by atoms with Crippen LogP contribution in [-0.2, 0) is 25.3 Å². The number of benzene rings is 2. The van der Waals surface area contributed by atoms with E-state index in [-0.39, 0.29) is 5.91 Å². The molecule has 246 valence electrons. The van der Waals surface area contributed by atoms with Gasteiger partial charge in [0.25, 0.3) is 0 Å². The molecular formula is C32H28ClF4N5O5.